The molecule has 39 heavy (non-hydrogen) atoms. The van der Waals surface area contributed by atoms with E-state index in [0.717, 1.165) is 21.5 Å². The highest BCUT2D eigenvalue weighted by atomic mass is 16.5. The van der Waals surface area contributed by atoms with E-state index in [1.165, 1.54) is 7.11 Å². The van der Waals surface area contributed by atoms with Crippen LogP contribution < -0.4 is 9.47 Å². The molecule has 5 aromatic carbocycles. The molecule has 194 valence electrons. The quantitative estimate of drug-likeness (QED) is 0.144. The third-order valence-corrected chi connectivity index (χ3v) is 6.23. The Morgan fingerprint density at radius 1 is 0.590 bits per heavy atom. The smallest absolute Gasteiger partial charge is 0.343 e. The average molecular weight is 521 g/mol. The molecule has 0 unspecified atom stereocenters. The van der Waals surface area contributed by atoms with Crippen LogP contribution in [0.25, 0.3) is 21.5 Å². The Kier molecular flexibility index (Phi) is 7.34. The summed E-state index contributed by atoms with van der Waals surface area (Å²) in [4.78, 5) is 37.3. The highest BCUT2D eigenvalue weighted by molar-refractivity contribution is 6.01. The maximum absolute atomic E-state index is 12.7. The van der Waals surface area contributed by atoms with Gasteiger partial charge in [-0.2, -0.15) is 0 Å². The van der Waals surface area contributed by atoms with E-state index >= 15 is 0 Å². The van der Waals surface area contributed by atoms with Gasteiger partial charge in [-0.1, -0.05) is 30.3 Å². The number of hydrogen-bond donors (Lipinski definition) is 1. The van der Waals surface area contributed by atoms with E-state index in [4.69, 9.17) is 14.2 Å². The van der Waals surface area contributed by atoms with Crippen LogP contribution in [0.1, 0.15) is 31.1 Å². The number of ether oxygens (including phenoxy) is 3. The van der Waals surface area contributed by atoms with Crippen LogP contribution in [0.5, 0.6) is 17.2 Å². The zero-order valence-electron chi connectivity index (χ0n) is 21.0. The Morgan fingerprint density at radius 3 is 1.87 bits per heavy atom. The molecule has 0 aliphatic heterocycles. The summed E-state index contributed by atoms with van der Waals surface area (Å²) in [5.41, 5.74) is 1.39. The molecule has 0 amide bonds. The Labute approximate surface area is 224 Å². The van der Waals surface area contributed by atoms with Gasteiger partial charge >= 0.3 is 5.97 Å². The molecule has 7 heteroatoms. The van der Waals surface area contributed by atoms with Crippen LogP contribution in [0.2, 0.25) is 0 Å². The predicted molar refractivity (Wildman–Crippen MR) is 147 cm³/mol. The van der Waals surface area contributed by atoms with Crippen LogP contribution in [0.15, 0.2) is 97.1 Å². The van der Waals surface area contributed by atoms with Gasteiger partial charge in [0.2, 0.25) is 0 Å². The van der Waals surface area contributed by atoms with Crippen molar-refractivity contribution in [1.29, 1.82) is 0 Å². The number of benzene rings is 5. The summed E-state index contributed by atoms with van der Waals surface area (Å²) in [6.07, 6.45) is 0. The van der Waals surface area contributed by atoms with Crippen molar-refractivity contribution in [1.82, 2.24) is 0 Å². The van der Waals surface area contributed by atoms with Crippen molar-refractivity contribution in [3.63, 3.8) is 0 Å². The number of phenolic OH excluding ortho intramolecular Hbond substituents is 1. The minimum absolute atomic E-state index is 0.00178. The van der Waals surface area contributed by atoms with Crippen molar-refractivity contribution in [3.8, 4) is 17.2 Å². The molecule has 0 saturated carbocycles. The minimum atomic E-state index is -0.496. The summed E-state index contributed by atoms with van der Waals surface area (Å²) in [6, 6.07) is 27.1. The molecule has 0 spiro atoms. The first-order chi connectivity index (χ1) is 18.9. The van der Waals surface area contributed by atoms with Crippen molar-refractivity contribution in [2.24, 2.45) is 0 Å². The van der Waals surface area contributed by atoms with Crippen LogP contribution in [-0.4, -0.2) is 43.0 Å². The van der Waals surface area contributed by atoms with E-state index in [-0.39, 0.29) is 30.5 Å². The number of phenols is 1. The van der Waals surface area contributed by atoms with E-state index in [1.807, 2.05) is 0 Å². The zero-order valence-corrected chi connectivity index (χ0v) is 21.0. The first-order valence-corrected chi connectivity index (χ1v) is 12.2. The van der Waals surface area contributed by atoms with Gasteiger partial charge in [0.1, 0.15) is 23.9 Å². The van der Waals surface area contributed by atoms with Crippen molar-refractivity contribution >= 4 is 39.1 Å². The third-order valence-electron chi connectivity index (χ3n) is 6.23. The van der Waals surface area contributed by atoms with Crippen LogP contribution in [0, 0.1) is 0 Å². The van der Waals surface area contributed by atoms with E-state index in [0.29, 0.717) is 28.2 Å². The molecular formula is C32H24O7. The van der Waals surface area contributed by atoms with Gasteiger partial charge < -0.3 is 19.3 Å². The summed E-state index contributed by atoms with van der Waals surface area (Å²) >= 11 is 0. The van der Waals surface area contributed by atoms with Crippen molar-refractivity contribution in [2.45, 2.75) is 0 Å². The fourth-order valence-electron chi connectivity index (χ4n) is 4.17. The van der Waals surface area contributed by atoms with Crippen molar-refractivity contribution in [3.05, 3.63) is 114 Å². The van der Waals surface area contributed by atoms with E-state index in [1.54, 1.807) is 97.1 Å². The molecule has 5 rings (SSSR count). The number of methoxy groups -OCH3 is 1. The van der Waals surface area contributed by atoms with Gasteiger partial charge in [0.25, 0.3) is 0 Å². The summed E-state index contributed by atoms with van der Waals surface area (Å²) in [5.74, 6) is 0.196. The lowest BCUT2D eigenvalue weighted by atomic mass is 10.0. The van der Waals surface area contributed by atoms with Gasteiger partial charge in [0.05, 0.1) is 5.56 Å². The second-order valence-corrected chi connectivity index (χ2v) is 8.95. The largest absolute Gasteiger partial charge is 0.508 e. The summed E-state index contributed by atoms with van der Waals surface area (Å²) in [7, 11) is 1.46. The van der Waals surface area contributed by atoms with Crippen molar-refractivity contribution < 1.29 is 33.7 Å². The molecular weight excluding hydrogens is 496 g/mol. The summed E-state index contributed by atoms with van der Waals surface area (Å²) < 4.78 is 16.0. The van der Waals surface area contributed by atoms with Gasteiger partial charge in [-0.05, 0) is 88.3 Å². The zero-order chi connectivity index (χ0) is 27.4. The standard InChI is InChI=1S/C32H24O7/c1-37-18-30(34)20-7-11-28(12-8-20)38-19-31(35)25-4-2-24-17-29(13-9-22(24)14-25)39-32(36)26-5-3-23-16-27(33)10-6-21(23)15-26/h2-17,33H,18-19H2,1H3. The highest BCUT2D eigenvalue weighted by Gasteiger charge is 2.12. The second kappa shape index (κ2) is 11.2. The Bertz CT molecular complexity index is 1700. The molecule has 0 aliphatic rings. The first kappa shape index (κ1) is 25.6. The first-order valence-electron chi connectivity index (χ1n) is 12.2. The maximum atomic E-state index is 12.7. The van der Waals surface area contributed by atoms with E-state index in [9.17, 15) is 19.5 Å². The minimum Gasteiger partial charge on any atom is -0.508 e. The fraction of sp³-hybridized carbons (Fsp3) is 0.0938. The lowest BCUT2D eigenvalue weighted by Crippen LogP contribution is -2.12. The van der Waals surface area contributed by atoms with Gasteiger partial charge in [0.15, 0.2) is 18.2 Å². The number of aromatic hydroxyl groups is 1. The molecule has 0 aromatic heterocycles. The summed E-state index contributed by atoms with van der Waals surface area (Å²) in [5, 5.41) is 12.9. The SMILES string of the molecule is COCC(=O)c1ccc(OCC(=O)c2ccc3cc(OC(=O)c4ccc5cc(O)ccc5c4)ccc3c2)cc1. The Balaban J connectivity index is 1.23. The van der Waals surface area contributed by atoms with Gasteiger partial charge in [-0.3, -0.25) is 9.59 Å². The molecule has 0 aliphatic carbocycles. The lowest BCUT2D eigenvalue weighted by molar-refractivity contribution is 0.0734. The molecule has 0 radical (unpaired) electrons. The number of hydrogen-bond acceptors (Lipinski definition) is 7. The predicted octanol–water partition coefficient (Wildman–Crippen LogP) is 6.01. The van der Waals surface area contributed by atoms with Gasteiger partial charge in [-0.25, -0.2) is 4.79 Å². The monoisotopic (exact) mass is 520 g/mol. The lowest BCUT2D eigenvalue weighted by Gasteiger charge is -2.09. The maximum Gasteiger partial charge on any atom is 0.343 e. The third kappa shape index (κ3) is 5.95. The van der Waals surface area contributed by atoms with Crippen molar-refractivity contribution in [2.75, 3.05) is 20.3 Å². The molecule has 7 nitrogen and oxygen atoms in total. The van der Waals surface area contributed by atoms with Crippen LogP contribution in [-0.2, 0) is 4.74 Å². The van der Waals surface area contributed by atoms with Gasteiger partial charge in [-0.15, -0.1) is 0 Å². The number of carbonyl (C=O) groups excluding carboxylic acids is 3. The molecule has 0 fully saturated rings. The number of fused-ring (bicyclic) bond motifs is 2. The summed E-state index contributed by atoms with van der Waals surface area (Å²) in [6.45, 7) is -0.153. The Morgan fingerprint density at radius 2 is 1.13 bits per heavy atom. The average Bonchev–Trinajstić information content (AvgIpc) is 2.95. The van der Waals surface area contributed by atoms with Gasteiger partial charge in [0, 0.05) is 18.2 Å². The molecule has 1 N–H and O–H groups in total. The second-order valence-electron chi connectivity index (χ2n) is 8.95. The fourth-order valence-corrected chi connectivity index (χ4v) is 4.17. The Hall–Kier alpha value is -5.01. The molecule has 0 heterocycles. The number of Topliss-reactive ketones (excluding diaryl/α,β-unsaturated/α-hetero) is 2. The number of rotatable bonds is 9. The highest BCUT2D eigenvalue weighted by Crippen LogP contribution is 2.25. The number of carbonyl (C=O) groups is 3. The van der Waals surface area contributed by atoms with E-state index < -0.39 is 5.97 Å². The topological polar surface area (TPSA) is 99.1 Å². The normalized spacial score (nSPS) is 10.9. The van der Waals surface area contributed by atoms with Crippen LogP contribution in [0.4, 0.5) is 0 Å². The number of ketones is 2. The molecule has 5 aromatic rings. The molecule has 0 atom stereocenters. The molecule has 0 bridgehead atoms. The molecule has 0 saturated heterocycles. The van der Waals surface area contributed by atoms with E-state index in [2.05, 4.69) is 0 Å². The van der Waals surface area contributed by atoms with Crippen LogP contribution >= 0.6 is 0 Å². The number of esters is 1. The van der Waals surface area contributed by atoms with Crippen LogP contribution in [0.3, 0.4) is 0 Å².